The second-order valence-corrected chi connectivity index (χ2v) is 12.0. The summed E-state index contributed by atoms with van der Waals surface area (Å²) >= 11 is 0. The van der Waals surface area contributed by atoms with Crippen LogP contribution in [0.4, 0.5) is 0 Å². The van der Waals surface area contributed by atoms with Crippen molar-refractivity contribution in [2.45, 2.75) is 148 Å². The van der Waals surface area contributed by atoms with Gasteiger partial charge in [-0.1, -0.05) is 103 Å². The molecular weight excluding hydrogens is 388 g/mol. The van der Waals surface area contributed by atoms with E-state index in [4.69, 9.17) is 0 Å². The number of nitrogens with one attached hydrogen (secondary N) is 2. The van der Waals surface area contributed by atoms with Crippen molar-refractivity contribution in [3.05, 3.63) is 0 Å². The Balaban J connectivity index is 0.995. The van der Waals surface area contributed by atoms with Crippen LogP contribution in [-0.2, 0) is 0 Å². The van der Waals surface area contributed by atoms with Crippen LogP contribution in [0, 0.1) is 23.7 Å². The molecule has 4 rings (SSSR count). The lowest BCUT2D eigenvalue weighted by atomic mass is 9.54. The van der Waals surface area contributed by atoms with Crippen LogP contribution >= 0.6 is 0 Å². The van der Waals surface area contributed by atoms with E-state index in [1.54, 1.807) is 6.42 Å². The number of rotatable bonds is 21. The summed E-state index contributed by atoms with van der Waals surface area (Å²) in [6.45, 7) is 5.88. The third kappa shape index (κ3) is 10.0. The molecule has 4 fully saturated rings. The van der Waals surface area contributed by atoms with Crippen molar-refractivity contribution in [3.63, 3.8) is 0 Å². The van der Waals surface area contributed by atoms with Gasteiger partial charge >= 0.3 is 0 Å². The van der Waals surface area contributed by atoms with E-state index in [1.165, 1.54) is 148 Å². The van der Waals surface area contributed by atoms with Gasteiger partial charge in [-0.3, -0.25) is 0 Å². The average molecular weight is 447 g/mol. The summed E-state index contributed by atoms with van der Waals surface area (Å²) in [4.78, 5) is 0. The van der Waals surface area contributed by atoms with Gasteiger partial charge in [-0.2, -0.15) is 0 Å². The van der Waals surface area contributed by atoms with Gasteiger partial charge in [0.05, 0.1) is 0 Å². The number of hydrogen-bond acceptors (Lipinski definition) is 2. The first-order chi connectivity index (χ1) is 15.9. The molecule has 2 heteroatoms. The Morgan fingerprint density at radius 3 is 1.38 bits per heavy atom. The standard InChI is InChI=1S/C30H58N2/c1-2-3-4-5-6-7-8-9-10-11-12-13-14-15-16-17-18-31-19-20-32-30-28-22-26-21-27(24-28)25-29(30)23-26/h26-32H,2-25H2,1H3. The van der Waals surface area contributed by atoms with Crippen LogP contribution in [0.2, 0.25) is 0 Å². The molecule has 0 unspecified atom stereocenters. The Morgan fingerprint density at radius 1 is 0.469 bits per heavy atom. The number of hydrogen-bond donors (Lipinski definition) is 2. The molecule has 2 nitrogen and oxygen atoms in total. The van der Waals surface area contributed by atoms with Gasteiger partial charge < -0.3 is 10.6 Å². The first-order valence-corrected chi connectivity index (χ1v) is 15.3. The second-order valence-electron chi connectivity index (χ2n) is 12.0. The second kappa shape index (κ2) is 16.5. The monoisotopic (exact) mass is 446 g/mol. The van der Waals surface area contributed by atoms with Gasteiger partial charge in [0.2, 0.25) is 0 Å². The minimum Gasteiger partial charge on any atom is -0.315 e. The quantitative estimate of drug-likeness (QED) is 0.173. The topological polar surface area (TPSA) is 24.1 Å². The van der Waals surface area contributed by atoms with Gasteiger partial charge in [-0.25, -0.2) is 0 Å². The van der Waals surface area contributed by atoms with Crippen molar-refractivity contribution >= 4 is 0 Å². The average Bonchev–Trinajstić information content (AvgIpc) is 2.79. The summed E-state index contributed by atoms with van der Waals surface area (Å²) in [5.74, 6) is 4.24. The predicted molar refractivity (Wildman–Crippen MR) is 141 cm³/mol. The molecule has 4 aliphatic rings. The van der Waals surface area contributed by atoms with E-state index in [2.05, 4.69) is 17.6 Å². The molecule has 0 amide bonds. The minimum atomic E-state index is 0.861. The zero-order valence-electron chi connectivity index (χ0n) is 21.9. The SMILES string of the molecule is CCCCCCCCCCCCCCCCCCNCCNC1C2CC3CC(C2)CC1C3. The molecule has 4 bridgehead atoms. The number of unbranched alkanes of at least 4 members (excludes halogenated alkanes) is 15. The van der Waals surface area contributed by atoms with Gasteiger partial charge in [0.25, 0.3) is 0 Å². The van der Waals surface area contributed by atoms with Crippen molar-refractivity contribution in [2.75, 3.05) is 19.6 Å². The van der Waals surface area contributed by atoms with Crippen molar-refractivity contribution in [1.29, 1.82) is 0 Å². The molecule has 0 spiro atoms. The Kier molecular flexibility index (Phi) is 13.7. The van der Waals surface area contributed by atoms with E-state index in [0.29, 0.717) is 0 Å². The lowest BCUT2D eigenvalue weighted by Crippen LogP contribution is -2.55. The van der Waals surface area contributed by atoms with Crippen LogP contribution < -0.4 is 10.6 Å². The van der Waals surface area contributed by atoms with Crippen molar-refractivity contribution in [2.24, 2.45) is 23.7 Å². The zero-order valence-corrected chi connectivity index (χ0v) is 21.9. The lowest BCUT2D eigenvalue weighted by molar-refractivity contribution is -0.0133. The molecule has 4 aliphatic carbocycles. The highest BCUT2D eigenvalue weighted by atomic mass is 15.0. The zero-order chi connectivity index (χ0) is 22.3. The molecule has 0 aromatic carbocycles. The molecule has 0 aromatic heterocycles. The first kappa shape index (κ1) is 26.5. The van der Waals surface area contributed by atoms with Gasteiger partial charge in [0.1, 0.15) is 0 Å². The molecule has 0 saturated heterocycles. The molecule has 2 N–H and O–H groups in total. The highest BCUT2D eigenvalue weighted by molar-refractivity contribution is 5.01. The molecule has 32 heavy (non-hydrogen) atoms. The fraction of sp³-hybridized carbons (Fsp3) is 1.00. The van der Waals surface area contributed by atoms with Gasteiger partial charge in [-0.15, -0.1) is 0 Å². The molecule has 0 atom stereocenters. The van der Waals surface area contributed by atoms with E-state index >= 15 is 0 Å². The summed E-state index contributed by atoms with van der Waals surface area (Å²) in [5.41, 5.74) is 0. The smallest absolute Gasteiger partial charge is 0.0124 e. The molecule has 0 heterocycles. The summed E-state index contributed by atoms with van der Waals surface area (Å²) in [6.07, 6.45) is 31.0. The molecule has 4 saturated carbocycles. The van der Waals surface area contributed by atoms with Crippen molar-refractivity contribution < 1.29 is 0 Å². The Hall–Kier alpha value is -0.0800. The first-order valence-electron chi connectivity index (χ1n) is 15.3. The summed E-state index contributed by atoms with van der Waals surface area (Å²) in [6, 6.07) is 0.861. The highest BCUT2D eigenvalue weighted by Crippen LogP contribution is 2.53. The van der Waals surface area contributed by atoms with E-state index in [0.717, 1.165) is 29.7 Å². The Labute approximate surface area is 201 Å². The molecular formula is C30H58N2. The lowest BCUT2D eigenvalue weighted by Gasteiger charge is -2.54. The van der Waals surface area contributed by atoms with Crippen LogP contribution in [0.1, 0.15) is 142 Å². The fourth-order valence-corrected chi connectivity index (χ4v) is 7.51. The maximum atomic E-state index is 3.96. The van der Waals surface area contributed by atoms with Crippen molar-refractivity contribution in [1.82, 2.24) is 10.6 Å². The van der Waals surface area contributed by atoms with Crippen LogP contribution in [0.3, 0.4) is 0 Å². The van der Waals surface area contributed by atoms with Gasteiger partial charge in [0.15, 0.2) is 0 Å². The van der Waals surface area contributed by atoms with Crippen LogP contribution in [0.5, 0.6) is 0 Å². The minimum absolute atomic E-state index is 0.861. The Bertz CT molecular complexity index is 420. The van der Waals surface area contributed by atoms with Crippen LogP contribution in [0.25, 0.3) is 0 Å². The summed E-state index contributed by atoms with van der Waals surface area (Å²) in [5, 5.41) is 7.65. The van der Waals surface area contributed by atoms with E-state index in [9.17, 15) is 0 Å². The van der Waals surface area contributed by atoms with E-state index in [1.807, 2.05) is 0 Å². The van der Waals surface area contributed by atoms with Gasteiger partial charge in [0, 0.05) is 19.1 Å². The molecule has 188 valence electrons. The van der Waals surface area contributed by atoms with E-state index in [-0.39, 0.29) is 0 Å². The largest absolute Gasteiger partial charge is 0.315 e. The third-order valence-corrected chi connectivity index (χ3v) is 9.12. The summed E-state index contributed by atoms with van der Waals surface area (Å²) < 4.78 is 0. The summed E-state index contributed by atoms with van der Waals surface area (Å²) in [7, 11) is 0. The molecule has 0 radical (unpaired) electrons. The maximum Gasteiger partial charge on any atom is 0.0124 e. The third-order valence-electron chi connectivity index (χ3n) is 9.12. The predicted octanol–water partition coefficient (Wildman–Crippen LogP) is 8.25. The Morgan fingerprint density at radius 2 is 0.906 bits per heavy atom. The highest BCUT2D eigenvalue weighted by Gasteiger charge is 2.47. The normalized spacial score (nSPS) is 28.6. The molecule has 0 aliphatic heterocycles. The molecule has 0 aromatic rings. The maximum absolute atomic E-state index is 3.96. The fourth-order valence-electron chi connectivity index (χ4n) is 7.51. The van der Waals surface area contributed by atoms with Gasteiger partial charge in [-0.05, 0) is 68.7 Å². The van der Waals surface area contributed by atoms with Crippen LogP contribution in [-0.4, -0.2) is 25.7 Å². The van der Waals surface area contributed by atoms with Crippen LogP contribution in [0.15, 0.2) is 0 Å². The van der Waals surface area contributed by atoms with E-state index < -0.39 is 0 Å². The van der Waals surface area contributed by atoms with Crippen molar-refractivity contribution in [3.8, 4) is 0 Å².